The van der Waals surface area contributed by atoms with E-state index in [4.69, 9.17) is 0 Å². The molecule has 3 heterocycles. The topological polar surface area (TPSA) is 54.5 Å². The number of pyridine rings is 2. The van der Waals surface area contributed by atoms with Gasteiger partial charge in [0, 0.05) is 34.3 Å². The molecule has 1 aromatic carbocycles. The zero-order valence-corrected chi connectivity index (χ0v) is 17.3. The normalized spacial score (nSPS) is 14.3. The smallest absolute Gasteiger partial charge is 0.276 e. The molecule has 1 fully saturated rings. The molecule has 5 rings (SSSR count). The first-order chi connectivity index (χ1) is 15.3. The first-order valence-corrected chi connectivity index (χ1v) is 10.6. The number of halogens is 4. The average molecular weight is 440 g/mol. The van der Waals surface area contributed by atoms with Gasteiger partial charge in [-0.25, -0.2) is 4.39 Å². The Morgan fingerprint density at radius 2 is 1.88 bits per heavy atom. The minimum absolute atomic E-state index is 0.0874. The van der Waals surface area contributed by atoms with Crippen molar-refractivity contribution < 1.29 is 17.6 Å². The van der Waals surface area contributed by atoms with Gasteiger partial charge in [0.05, 0.1) is 23.0 Å². The first kappa shape index (κ1) is 20.6. The Morgan fingerprint density at radius 3 is 2.53 bits per heavy atom. The molecule has 1 saturated carbocycles. The maximum atomic E-state index is 15.0. The highest BCUT2D eigenvalue weighted by Gasteiger charge is 2.36. The highest BCUT2D eigenvalue weighted by molar-refractivity contribution is 5.94. The summed E-state index contributed by atoms with van der Waals surface area (Å²) in [5.74, 6) is -0.425. The van der Waals surface area contributed by atoms with Crippen molar-refractivity contribution in [3.05, 3.63) is 65.4 Å². The Bertz CT molecular complexity index is 1290. The third-order valence-electron chi connectivity index (χ3n) is 5.75. The van der Waals surface area contributed by atoms with E-state index < -0.39 is 23.1 Å². The van der Waals surface area contributed by atoms with Crippen LogP contribution in [0.4, 0.5) is 17.6 Å². The summed E-state index contributed by atoms with van der Waals surface area (Å²) in [6.07, 6.45) is 1.64. The number of H-pyrrole nitrogens is 1. The molecular weight excluding hydrogens is 420 g/mol. The molecule has 0 saturated heterocycles. The quantitative estimate of drug-likeness (QED) is 0.353. The van der Waals surface area contributed by atoms with Crippen LogP contribution in [0.3, 0.4) is 0 Å². The van der Waals surface area contributed by atoms with Gasteiger partial charge in [-0.05, 0) is 55.2 Å². The van der Waals surface area contributed by atoms with Gasteiger partial charge in [0.1, 0.15) is 11.5 Å². The molecule has 4 aromatic rings. The van der Waals surface area contributed by atoms with E-state index in [1.807, 2.05) is 19.1 Å². The van der Waals surface area contributed by atoms with E-state index in [-0.39, 0.29) is 5.69 Å². The van der Waals surface area contributed by atoms with E-state index >= 15 is 0 Å². The van der Waals surface area contributed by atoms with Gasteiger partial charge in [-0.15, -0.1) is 0 Å². The number of aromatic amines is 1. The summed E-state index contributed by atoms with van der Waals surface area (Å²) < 4.78 is 56.4. The lowest BCUT2D eigenvalue weighted by Crippen LogP contribution is -2.10. The standard InChI is InChI=1S/C24H20F4N4/c1-2-3-13-8-17(24(26,27)28)22(18(25)9-13)20-10-16-21(12-30-20)31-32-23(16)15-6-7-19(29-11-15)14-4-5-14/h6-12,14H,2-5H2,1H3,(H,31,32). The van der Waals surface area contributed by atoms with E-state index in [0.717, 1.165) is 36.2 Å². The predicted molar refractivity (Wildman–Crippen MR) is 113 cm³/mol. The van der Waals surface area contributed by atoms with Crippen LogP contribution in [0.15, 0.2) is 42.7 Å². The molecule has 164 valence electrons. The molecule has 0 atom stereocenters. The van der Waals surface area contributed by atoms with Crippen molar-refractivity contribution >= 4 is 10.9 Å². The third-order valence-corrected chi connectivity index (χ3v) is 5.75. The monoisotopic (exact) mass is 440 g/mol. The Morgan fingerprint density at radius 1 is 1.06 bits per heavy atom. The second kappa shape index (κ2) is 7.69. The van der Waals surface area contributed by atoms with Gasteiger partial charge in [0.25, 0.3) is 0 Å². The summed E-state index contributed by atoms with van der Waals surface area (Å²) in [7, 11) is 0. The van der Waals surface area contributed by atoms with Crippen LogP contribution in [0.2, 0.25) is 0 Å². The Balaban J connectivity index is 1.63. The summed E-state index contributed by atoms with van der Waals surface area (Å²) in [6.45, 7) is 1.83. The van der Waals surface area contributed by atoms with E-state index in [0.29, 0.717) is 40.9 Å². The highest BCUT2D eigenvalue weighted by atomic mass is 19.4. The lowest BCUT2D eigenvalue weighted by Gasteiger charge is -2.15. The molecule has 8 heteroatoms. The second-order valence-corrected chi connectivity index (χ2v) is 8.18. The molecule has 4 nitrogen and oxygen atoms in total. The fourth-order valence-electron chi connectivity index (χ4n) is 4.02. The lowest BCUT2D eigenvalue weighted by atomic mass is 9.97. The van der Waals surface area contributed by atoms with Crippen LogP contribution >= 0.6 is 0 Å². The number of fused-ring (bicyclic) bond motifs is 1. The van der Waals surface area contributed by atoms with Gasteiger partial charge in [0.2, 0.25) is 0 Å². The van der Waals surface area contributed by atoms with Crippen LogP contribution in [0.25, 0.3) is 33.4 Å². The predicted octanol–water partition coefficient (Wildman–Crippen LogP) is 6.67. The minimum atomic E-state index is -4.71. The van der Waals surface area contributed by atoms with Crippen LogP contribution in [0, 0.1) is 5.82 Å². The molecule has 1 N–H and O–H groups in total. The van der Waals surface area contributed by atoms with Crippen LogP contribution in [0.1, 0.15) is 48.9 Å². The number of hydrogen-bond donors (Lipinski definition) is 1. The zero-order chi connectivity index (χ0) is 22.5. The molecule has 32 heavy (non-hydrogen) atoms. The van der Waals surface area contributed by atoms with Crippen molar-refractivity contribution in [3.8, 4) is 22.5 Å². The van der Waals surface area contributed by atoms with E-state index in [1.54, 1.807) is 6.20 Å². The lowest BCUT2D eigenvalue weighted by molar-refractivity contribution is -0.137. The molecule has 1 aliphatic rings. The summed E-state index contributed by atoms with van der Waals surface area (Å²) in [5.41, 5.74) is 1.50. The molecular formula is C24H20F4N4. The first-order valence-electron chi connectivity index (χ1n) is 10.6. The fourth-order valence-corrected chi connectivity index (χ4v) is 4.02. The summed E-state index contributed by atoms with van der Waals surface area (Å²) >= 11 is 0. The number of hydrogen-bond acceptors (Lipinski definition) is 3. The number of aromatic nitrogens is 4. The van der Waals surface area contributed by atoms with Crippen molar-refractivity contribution in [2.24, 2.45) is 0 Å². The van der Waals surface area contributed by atoms with Crippen LogP contribution in [-0.4, -0.2) is 20.2 Å². The zero-order valence-electron chi connectivity index (χ0n) is 17.3. The average Bonchev–Trinajstić information content (AvgIpc) is 3.52. The Kier molecular flexibility index (Phi) is 4.95. The Hall–Kier alpha value is -3.29. The molecule has 1 aliphatic carbocycles. The van der Waals surface area contributed by atoms with E-state index in [1.165, 1.54) is 12.3 Å². The second-order valence-electron chi connectivity index (χ2n) is 8.18. The van der Waals surface area contributed by atoms with Gasteiger partial charge >= 0.3 is 6.18 Å². The summed E-state index contributed by atoms with van der Waals surface area (Å²) in [5, 5.41) is 7.70. The van der Waals surface area contributed by atoms with Gasteiger partial charge in [-0.2, -0.15) is 18.3 Å². The molecule has 0 aliphatic heterocycles. The number of alkyl halides is 3. The minimum Gasteiger partial charge on any atom is -0.276 e. The molecule has 0 bridgehead atoms. The third kappa shape index (κ3) is 3.74. The number of benzene rings is 1. The Labute approximate surface area is 181 Å². The van der Waals surface area contributed by atoms with Crippen molar-refractivity contribution in [2.45, 2.75) is 44.7 Å². The van der Waals surface area contributed by atoms with Crippen LogP contribution in [-0.2, 0) is 12.6 Å². The SMILES string of the molecule is CCCc1cc(F)c(-c2cc3c(-c4ccc(C5CC5)nc4)n[nH]c3cn2)c(C(F)(F)F)c1. The maximum Gasteiger partial charge on any atom is 0.417 e. The van der Waals surface area contributed by atoms with Gasteiger partial charge in [0.15, 0.2) is 0 Å². The summed E-state index contributed by atoms with van der Waals surface area (Å²) in [4.78, 5) is 8.61. The highest BCUT2D eigenvalue weighted by Crippen LogP contribution is 2.41. The number of nitrogens with one attached hydrogen (secondary N) is 1. The molecule has 0 spiro atoms. The van der Waals surface area contributed by atoms with Gasteiger partial charge in [-0.3, -0.25) is 15.1 Å². The van der Waals surface area contributed by atoms with Crippen molar-refractivity contribution in [1.82, 2.24) is 20.2 Å². The van der Waals surface area contributed by atoms with E-state index in [9.17, 15) is 17.6 Å². The van der Waals surface area contributed by atoms with Crippen molar-refractivity contribution in [1.29, 1.82) is 0 Å². The van der Waals surface area contributed by atoms with Crippen LogP contribution < -0.4 is 0 Å². The van der Waals surface area contributed by atoms with Crippen molar-refractivity contribution in [3.63, 3.8) is 0 Å². The molecule has 0 radical (unpaired) electrons. The number of rotatable bonds is 5. The maximum absolute atomic E-state index is 15.0. The van der Waals surface area contributed by atoms with Crippen molar-refractivity contribution in [2.75, 3.05) is 0 Å². The van der Waals surface area contributed by atoms with Gasteiger partial charge in [-0.1, -0.05) is 13.3 Å². The molecule has 3 aromatic heterocycles. The molecule has 0 unspecified atom stereocenters. The van der Waals surface area contributed by atoms with E-state index in [2.05, 4.69) is 20.2 Å². The number of nitrogens with zero attached hydrogens (tertiary/aromatic N) is 3. The van der Waals surface area contributed by atoms with Crippen LogP contribution in [0.5, 0.6) is 0 Å². The summed E-state index contributed by atoms with van der Waals surface area (Å²) in [6, 6.07) is 7.48. The largest absolute Gasteiger partial charge is 0.417 e. The number of aryl methyl sites for hydroxylation is 1. The fraction of sp³-hybridized carbons (Fsp3) is 0.292. The van der Waals surface area contributed by atoms with Gasteiger partial charge < -0.3 is 0 Å². The molecule has 0 amide bonds.